The van der Waals surface area contributed by atoms with Crippen molar-refractivity contribution in [2.24, 2.45) is 23.7 Å². The Kier molecular flexibility index (Phi) is 5.85. The van der Waals surface area contributed by atoms with Gasteiger partial charge in [0.05, 0.1) is 19.0 Å². The molecule has 15 heteroatoms. The Labute approximate surface area is 206 Å². The molecule has 2 N–H and O–H groups in total. The van der Waals surface area contributed by atoms with Crippen molar-refractivity contribution in [3.63, 3.8) is 0 Å². The lowest BCUT2D eigenvalue weighted by Crippen LogP contribution is -2.48. The highest BCUT2D eigenvalue weighted by molar-refractivity contribution is 14.1. The van der Waals surface area contributed by atoms with Gasteiger partial charge in [0.25, 0.3) is 0 Å². The number of carbonyl (C=O) groups excluding carboxylic acids is 3. The van der Waals surface area contributed by atoms with Gasteiger partial charge in [0, 0.05) is 11.8 Å². The molecule has 2 aliphatic carbocycles. The first-order valence-corrected chi connectivity index (χ1v) is 12.5. The van der Waals surface area contributed by atoms with E-state index in [1.165, 1.54) is 12.1 Å². The molecule has 6 unspecified atom stereocenters. The molecule has 4 rings (SSSR count). The molecule has 174 valence electrons. The summed E-state index contributed by atoms with van der Waals surface area (Å²) >= 11 is 3.64. The number of halogens is 4. The molecule has 0 spiro atoms. The number of fused-ring (bicyclic) bond motifs is 1. The maximum Gasteiger partial charge on any atom is 0.465 e. The monoisotopic (exact) mass is 700 g/mol. The highest BCUT2D eigenvalue weighted by atomic mass is 127. The van der Waals surface area contributed by atoms with E-state index in [1.54, 1.807) is 0 Å². The number of benzene rings is 1. The van der Waals surface area contributed by atoms with Crippen molar-refractivity contribution < 1.29 is 55.5 Å². The number of hydrogen-bond donors (Lipinski definition) is 2. The molecule has 1 heterocycles. The molecule has 3 fully saturated rings. The molecule has 0 amide bonds. The van der Waals surface area contributed by atoms with E-state index in [0.29, 0.717) is 7.14 Å². The van der Waals surface area contributed by atoms with Crippen molar-refractivity contribution in [2.75, 3.05) is 0 Å². The van der Waals surface area contributed by atoms with E-state index < -0.39 is 69.2 Å². The molecule has 1 saturated heterocycles. The summed E-state index contributed by atoms with van der Waals surface area (Å²) in [6.45, 7) is 0. The Morgan fingerprint density at radius 2 is 1.84 bits per heavy atom. The van der Waals surface area contributed by atoms with Gasteiger partial charge in [0.2, 0.25) is 0 Å². The Morgan fingerprint density at radius 1 is 1.19 bits per heavy atom. The number of phenolic OH excluding ortho intramolecular Hbond substituents is 1. The maximum atomic E-state index is 13.7. The number of alkyl halides is 2. The SMILES string of the molecule is O=C1OC2C3CC(C2OC(=O)C(F)(F)S(=O)(=O)O)C(C(=O)Oc2cc(I)c(O)cc2I)C13. The first-order chi connectivity index (χ1) is 14.7. The zero-order chi connectivity index (χ0) is 23.7. The van der Waals surface area contributed by atoms with E-state index in [1.807, 2.05) is 45.2 Å². The van der Waals surface area contributed by atoms with E-state index >= 15 is 0 Å². The van der Waals surface area contributed by atoms with Gasteiger partial charge in [0.1, 0.15) is 23.7 Å². The van der Waals surface area contributed by atoms with Crippen LogP contribution in [-0.2, 0) is 34.0 Å². The quantitative estimate of drug-likeness (QED) is 0.201. The van der Waals surface area contributed by atoms with Crippen LogP contribution in [0.15, 0.2) is 12.1 Å². The van der Waals surface area contributed by atoms with Crippen molar-refractivity contribution in [1.29, 1.82) is 0 Å². The van der Waals surface area contributed by atoms with Gasteiger partial charge in [0.15, 0.2) is 0 Å². The van der Waals surface area contributed by atoms with Gasteiger partial charge in [-0.25, -0.2) is 4.79 Å². The van der Waals surface area contributed by atoms with Gasteiger partial charge in [-0.2, -0.15) is 17.2 Å². The predicted molar refractivity (Wildman–Crippen MR) is 114 cm³/mol. The second-order valence-electron chi connectivity index (χ2n) is 7.53. The third-order valence-electron chi connectivity index (χ3n) is 5.83. The first-order valence-electron chi connectivity index (χ1n) is 8.90. The highest BCUT2D eigenvalue weighted by Gasteiger charge is 2.71. The fraction of sp³-hybridized carbons (Fsp3) is 0.471. The molecular weight excluding hydrogens is 688 g/mol. The van der Waals surface area contributed by atoms with Gasteiger partial charge in [-0.1, -0.05) is 0 Å². The van der Waals surface area contributed by atoms with Crippen LogP contribution >= 0.6 is 45.2 Å². The summed E-state index contributed by atoms with van der Waals surface area (Å²) in [5.74, 6) is -7.81. The smallest absolute Gasteiger partial charge is 0.465 e. The molecule has 6 atom stereocenters. The van der Waals surface area contributed by atoms with E-state index in [4.69, 9.17) is 14.0 Å². The molecule has 1 aromatic rings. The summed E-state index contributed by atoms with van der Waals surface area (Å²) in [6, 6.07) is 2.75. The van der Waals surface area contributed by atoms with Gasteiger partial charge in [-0.15, -0.1) is 0 Å². The lowest BCUT2D eigenvalue weighted by molar-refractivity contribution is -0.178. The van der Waals surface area contributed by atoms with Gasteiger partial charge < -0.3 is 19.3 Å². The van der Waals surface area contributed by atoms with E-state index in [0.717, 1.165) is 0 Å². The Morgan fingerprint density at radius 3 is 2.47 bits per heavy atom. The zero-order valence-corrected chi connectivity index (χ0v) is 20.5. The summed E-state index contributed by atoms with van der Waals surface area (Å²) < 4.78 is 73.5. The summed E-state index contributed by atoms with van der Waals surface area (Å²) in [7, 11) is -6.09. The van der Waals surface area contributed by atoms with Crippen molar-refractivity contribution in [1.82, 2.24) is 0 Å². The third kappa shape index (κ3) is 3.64. The number of esters is 3. The predicted octanol–water partition coefficient (Wildman–Crippen LogP) is 1.71. The highest BCUT2D eigenvalue weighted by Crippen LogP contribution is 2.59. The largest absolute Gasteiger partial charge is 0.507 e. The van der Waals surface area contributed by atoms with Crippen LogP contribution < -0.4 is 4.74 Å². The molecular formula is C17H12F2I2O10S. The van der Waals surface area contributed by atoms with Gasteiger partial charge in [-0.3, -0.25) is 14.1 Å². The average molecular weight is 700 g/mol. The summed E-state index contributed by atoms with van der Waals surface area (Å²) in [5, 5.41) is 4.50. The summed E-state index contributed by atoms with van der Waals surface area (Å²) in [4.78, 5) is 37.1. The minimum absolute atomic E-state index is 0.0383. The van der Waals surface area contributed by atoms with Crippen LogP contribution in [-0.4, -0.2) is 53.4 Å². The lowest BCUT2D eigenvalue weighted by Gasteiger charge is -2.30. The van der Waals surface area contributed by atoms with E-state index in [9.17, 15) is 36.7 Å². The fourth-order valence-corrected chi connectivity index (χ4v) is 5.80. The second kappa shape index (κ2) is 7.86. The van der Waals surface area contributed by atoms with Crippen LogP contribution in [0.5, 0.6) is 11.5 Å². The van der Waals surface area contributed by atoms with Gasteiger partial charge >= 0.3 is 33.3 Å². The van der Waals surface area contributed by atoms with Crippen LogP contribution in [0.4, 0.5) is 8.78 Å². The van der Waals surface area contributed by atoms with Crippen LogP contribution in [0.2, 0.25) is 0 Å². The molecule has 1 aliphatic heterocycles. The molecule has 0 radical (unpaired) electrons. The van der Waals surface area contributed by atoms with Crippen molar-refractivity contribution >= 4 is 73.2 Å². The van der Waals surface area contributed by atoms with Crippen LogP contribution in [0.25, 0.3) is 0 Å². The van der Waals surface area contributed by atoms with Crippen molar-refractivity contribution in [3.05, 3.63) is 19.3 Å². The van der Waals surface area contributed by atoms with Gasteiger partial charge in [-0.05, 0) is 63.7 Å². The molecule has 2 saturated carbocycles. The number of hydrogen-bond acceptors (Lipinski definition) is 9. The Balaban J connectivity index is 1.60. The lowest BCUT2D eigenvalue weighted by atomic mass is 9.78. The van der Waals surface area contributed by atoms with Crippen LogP contribution in [0, 0.1) is 30.8 Å². The van der Waals surface area contributed by atoms with E-state index in [-0.39, 0.29) is 17.9 Å². The standard InChI is InChI=1S/C17H12F2I2O10S/c18-17(19,32(26,27)28)16(25)31-13-5-1-4-11(15(24)30-12(4)13)10(5)14(23)29-9-3-6(20)8(22)2-7(9)21/h2-5,10-13,22H,1H2,(H,26,27,28). The van der Waals surface area contributed by atoms with E-state index in [2.05, 4.69) is 4.74 Å². The number of phenols is 1. The van der Waals surface area contributed by atoms with Crippen LogP contribution in [0.1, 0.15) is 6.42 Å². The minimum Gasteiger partial charge on any atom is -0.507 e. The van der Waals surface area contributed by atoms with Crippen LogP contribution in [0.3, 0.4) is 0 Å². The molecule has 3 aliphatic rings. The average Bonchev–Trinajstić information content (AvgIpc) is 3.28. The molecule has 10 nitrogen and oxygen atoms in total. The normalized spacial score (nSPS) is 30.8. The Bertz CT molecular complexity index is 1140. The molecule has 0 aromatic heterocycles. The van der Waals surface area contributed by atoms with Crippen molar-refractivity contribution in [3.8, 4) is 11.5 Å². The molecule has 1 aromatic carbocycles. The van der Waals surface area contributed by atoms with Crippen molar-refractivity contribution in [2.45, 2.75) is 23.9 Å². The maximum absolute atomic E-state index is 13.7. The minimum atomic E-state index is -6.09. The summed E-state index contributed by atoms with van der Waals surface area (Å²) in [6.07, 6.45) is -2.50. The topological polar surface area (TPSA) is 154 Å². The number of aromatic hydroxyl groups is 1. The number of ether oxygens (including phenoxy) is 3. The fourth-order valence-electron chi connectivity index (χ4n) is 4.54. The third-order valence-corrected chi connectivity index (χ3v) is 8.36. The Hall–Kier alpha value is -1.34. The second-order valence-corrected chi connectivity index (χ2v) is 11.3. The summed E-state index contributed by atoms with van der Waals surface area (Å²) in [5.41, 5.74) is 0. The number of rotatable bonds is 5. The zero-order valence-electron chi connectivity index (χ0n) is 15.4. The molecule has 2 bridgehead atoms. The number of carbonyl (C=O) groups is 3. The first kappa shape index (κ1) is 23.8. The molecule has 32 heavy (non-hydrogen) atoms.